The summed E-state index contributed by atoms with van der Waals surface area (Å²) in [4.78, 5) is 15.4. The molecule has 0 aliphatic carbocycles. The molecule has 1 heterocycles. The third-order valence-corrected chi connectivity index (χ3v) is 3.91. The Kier molecular flexibility index (Phi) is 4.85. The molecule has 1 aromatic heterocycles. The highest BCUT2D eigenvalue weighted by Gasteiger charge is 2.07. The van der Waals surface area contributed by atoms with E-state index in [2.05, 4.69) is 10.3 Å². The molecular weight excluding hydrogens is 300 g/mol. The van der Waals surface area contributed by atoms with Crippen LogP contribution in [-0.2, 0) is 4.79 Å². The van der Waals surface area contributed by atoms with E-state index < -0.39 is 0 Å². The van der Waals surface area contributed by atoms with Crippen LogP contribution in [0.4, 0.5) is 5.69 Å². The number of nitrogens with one attached hydrogen (secondary N) is 2. The van der Waals surface area contributed by atoms with Gasteiger partial charge in [0.15, 0.2) is 0 Å². The second kappa shape index (κ2) is 7.21. The Morgan fingerprint density at radius 1 is 1.12 bits per heavy atom. The number of aryl methyl sites for hydroxylation is 2. The summed E-state index contributed by atoms with van der Waals surface area (Å²) in [6, 6.07) is 15.8. The standard InChI is InChI=1S/C20H22N2O2/c1-14-8-10-16(11-9-14)24-12-4-7-20(23)22-19-6-3-5-18-17(19)13-15(2)21-18/h3,5-6,8-11,13,21H,4,7,12H2,1-2H3,(H,22,23). The second-order valence-corrected chi connectivity index (χ2v) is 6.03. The number of carbonyl (C=O) groups is 1. The normalized spacial score (nSPS) is 10.8. The fourth-order valence-corrected chi connectivity index (χ4v) is 2.67. The molecule has 3 aromatic rings. The lowest BCUT2D eigenvalue weighted by atomic mass is 10.2. The topological polar surface area (TPSA) is 54.1 Å². The van der Waals surface area contributed by atoms with Crippen molar-refractivity contribution in [2.45, 2.75) is 26.7 Å². The molecule has 1 amide bonds. The van der Waals surface area contributed by atoms with Crippen LogP contribution in [-0.4, -0.2) is 17.5 Å². The first-order valence-electron chi connectivity index (χ1n) is 8.19. The van der Waals surface area contributed by atoms with Gasteiger partial charge in [0.25, 0.3) is 0 Å². The monoisotopic (exact) mass is 322 g/mol. The highest BCUT2D eigenvalue weighted by atomic mass is 16.5. The van der Waals surface area contributed by atoms with Crippen LogP contribution < -0.4 is 10.1 Å². The van der Waals surface area contributed by atoms with Crippen molar-refractivity contribution < 1.29 is 9.53 Å². The molecule has 0 unspecified atom stereocenters. The molecule has 3 rings (SSSR count). The summed E-state index contributed by atoms with van der Waals surface area (Å²) in [6.07, 6.45) is 1.12. The number of carbonyl (C=O) groups excluding carboxylic acids is 1. The molecule has 0 radical (unpaired) electrons. The van der Waals surface area contributed by atoms with Gasteiger partial charge in [-0.15, -0.1) is 0 Å². The summed E-state index contributed by atoms with van der Waals surface area (Å²) >= 11 is 0. The van der Waals surface area contributed by atoms with E-state index in [1.807, 2.05) is 62.4 Å². The Balaban J connectivity index is 1.49. The van der Waals surface area contributed by atoms with E-state index in [0.717, 1.165) is 28.0 Å². The highest BCUT2D eigenvalue weighted by Crippen LogP contribution is 2.24. The molecular formula is C20H22N2O2. The van der Waals surface area contributed by atoms with Crippen LogP contribution in [0.2, 0.25) is 0 Å². The maximum atomic E-state index is 12.1. The smallest absolute Gasteiger partial charge is 0.224 e. The maximum Gasteiger partial charge on any atom is 0.224 e. The summed E-state index contributed by atoms with van der Waals surface area (Å²) in [7, 11) is 0. The van der Waals surface area contributed by atoms with Crippen molar-refractivity contribution in [2.75, 3.05) is 11.9 Å². The van der Waals surface area contributed by atoms with E-state index in [1.54, 1.807) is 0 Å². The third kappa shape index (κ3) is 3.96. The van der Waals surface area contributed by atoms with Gasteiger partial charge < -0.3 is 15.0 Å². The largest absolute Gasteiger partial charge is 0.494 e. The highest BCUT2D eigenvalue weighted by molar-refractivity contribution is 6.01. The molecule has 0 saturated heterocycles. The molecule has 4 heteroatoms. The van der Waals surface area contributed by atoms with Gasteiger partial charge in [0.1, 0.15) is 5.75 Å². The first-order chi connectivity index (χ1) is 11.6. The fourth-order valence-electron chi connectivity index (χ4n) is 2.67. The molecule has 0 bridgehead atoms. The average Bonchev–Trinajstić information content (AvgIpc) is 2.95. The van der Waals surface area contributed by atoms with Crippen molar-refractivity contribution in [1.82, 2.24) is 4.98 Å². The number of benzene rings is 2. The van der Waals surface area contributed by atoms with Crippen molar-refractivity contribution >= 4 is 22.5 Å². The van der Waals surface area contributed by atoms with Crippen LogP contribution in [0.5, 0.6) is 5.75 Å². The van der Waals surface area contributed by atoms with Crippen LogP contribution in [0.3, 0.4) is 0 Å². The summed E-state index contributed by atoms with van der Waals surface area (Å²) in [5.41, 5.74) is 4.17. The number of anilines is 1. The van der Waals surface area contributed by atoms with Gasteiger partial charge in [-0.3, -0.25) is 4.79 Å². The van der Waals surface area contributed by atoms with E-state index in [-0.39, 0.29) is 5.91 Å². The van der Waals surface area contributed by atoms with Crippen LogP contribution in [0.1, 0.15) is 24.1 Å². The van der Waals surface area contributed by atoms with Crippen molar-refractivity contribution in [3.05, 3.63) is 59.8 Å². The van der Waals surface area contributed by atoms with Crippen LogP contribution in [0, 0.1) is 13.8 Å². The molecule has 2 aromatic carbocycles. The van der Waals surface area contributed by atoms with Crippen molar-refractivity contribution in [2.24, 2.45) is 0 Å². The Labute approximate surface area is 141 Å². The summed E-state index contributed by atoms with van der Waals surface area (Å²) < 4.78 is 5.65. The number of aromatic amines is 1. The zero-order valence-corrected chi connectivity index (χ0v) is 14.1. The van der Waals surface area contributed by atoms with Gasteiger partial charge in [0.05, 0.1) is 12.3 Å². The van der Waals surface area contributed by atoms with Crippen LogP contribution >= 0.6 is 0 Å². The first-order valence-corrected chi connectivity index (χ1v) is 8.19. The zero-order chi connectivity index (χ0) is 16.9. The van der Waals surface area contributed by atoms with Gasteiger partial charge in [0, 0.05) is 23.0 Å². The fraction of sp³-hybridized carbons (Fsp3) is 0.250. The molecule has 2 N–H and O–H groups in total. The predicted molar refractivity (Wildman–Crippen MR) is 97.6 cm³/mol. The summed E-state index contributed by atoms with van der Waals surface area (Å²) in [6.45, 7) is 4.58. The Hall–Kier alpha value is -2.75. The minimum atomic E-state index is 0.00820. The molecule has 0 spiro atoms. The number of H-pyrrole nitrogens is 1. The van der Waals surface area contributed by atoms with E-state index >= 15 is 0 Å². The van der Waals surface area contributed by atoms with Crippen LogP contribution in [0.15, 0.2) is 48.5 Å². The lowest BCUT2D eigenvalue weighted by molar-refractivity contribution is -0.116. The van der Waals surface area contributed by atoms with Gasteiger partial charge in [-0.05, 0) is 50.6 Å². The minimum absolute atomic E-state index is 0.00820. The van der Waals surface area contributed by atoms with Gasteiger partial charge in [0.2, 0.25) is 5.91 Å². The molecule has 0 aliphatic rings. The van der Waals surface area contributed by atoms with Crippen molar-refractivity contribution in [3.8, 4) is 5.75 Å². The van der Waals surface area contributed by atoms with Gasteiger partial charge in [-0.2, -0.15) is 0 Å². The molecule has 0 atom stereocenters. The molecule has 24 heavy (non-hydrogen) atoms. The lowest BCUT2D eigenvalue weighted by Crippen LogP contribution is -2.13. The average molecular weight is 322 g/mol. The molecule has 4 nitrogen and oxygen atoms in total. The quantitative estimate of drug-likeness (QED) is 0.653. The Morgan fingerprint density at radius 3 is 2.71 bits per heavy atom. The van der Waals surface area contributed by atoms with E-state index in [1.165, 1.54) is 5.56 Å². The second-order valence-electron chi connectivity index (χ2n) is 6.03. The van der Waals surface area contributed by atoms with E-state index in [4.69, 9.17) is 4.74 Å². The number of rotatable bonds is 6. The number of fused-ring (bicyclic) bond motifs is 1. The number of hydrogen-bond donors (Lipinski definition) is 2. The predicted octanol–water partition coefficient (Wildman–Crippen LogP) is 4.58. The van der Waals surface area contributed by atoms with Crippen molar-refractivity contribution in [1.29, 1.82) is 0 Å². The minimum Gasteiger partial charge on any atom is -0.494 e. The zero-order valence-electron chi connectivity index (χ0n) is 14.1. The summed E-state index contributed by atoms with van der Waals surface area (Å²) in [5, 5.41) is 4.03. The number of amides is 1. The van der Waals surface area contributed by atoms with Crippen molar-refractivity contribution in [3.63, 3.8) is 0 Å². The SMILES string of the molecule is Cc1ccc(OCCCC(=O)Nc2cccc3[nH]c(C)cc23)cc1. The van der Waals surface area contributed by atoms with E-state index in [0.29, 0.717) is 19.4 Å². The number of hydrogen-bond acceptors (Lipinski definition) is 2. The number of aromatic nitrogens is 1. The van der Waals surface area contributed by atoms with Gasteiger partial charge in [-0.1, -0.05) is 23.8 Å². The molecule has 0 fully saturated rings. The van der Waals surface area contributed by atoms with E-state index in [9.17, 15) is 4.79 Å². The summed E-state index contributed by atoms with van der Waals surface area (Å²) in [5.74, 6) is 0.849. The van der Waals surface area contributed by atoms with Gasteiger partial charge in [-0.25, -0.2) is 0 Å². The van der Waals surface area contributed by atoms with Crippen LogP contribution in [0.25, 0.3) is 10.9 Å². The first kappa shape index (κ1) is 16.1. The maximum absolute atomic E-state index is 12.1. The Morgan fingerprint density at radius 2 is 1.92 bits per heavy atom. The number of ether oxygens (including phenoxy) is 1. The molecule has 124 valence electrons. The Bertz CT molecular complexity index is 834. The third-order valence-electron chi connectivity index (χ3n) is 3.91. The molecule has 0 saturated carbocycles. The lowest BCUT2D eigenvalue weighted by Gasteiger charge is -2.08. The molecule has 0 aliphatic heterocycles. The van der Waals surface area contributed by atoms with Gasteiger partial charge >= 0.3 is 0 Å².